The van der Waals surface area contributed by atoms with Crippen molar-refractivity contribution in [1.29, 1.82) is 0 Å². The van der Waals surface area contributed by atoms with Gasteiger partial charge in [0.1, 0.15) is 0 Å². The van der Waals surface area contributed by atoms with Crippen LogP contribution in [0.5, 0.6) is 0 Å². The third-order valence-electron chi connectivity index (χ3n) is 1.04. The van der Waals surface area contributed by atoms with Crippen LogP contribution in [0.2, 0.25) is 0 Å². The van der Waals surface area contributed by atoms with Crippen LogP contribution in [-0.2, 0) is 4.79 Å². The molecule has 8 heavy (non-hydrogen) atoms. The van der Waals surface area contributed by atoms with Gasteiger partial charge in [0.05, 0.1) is 0 Å². The zero-order valence-electron chi connectivity index (χ0n) is 4.39. The molecule has 0 aromatic carbocycles. The van der Waals surface area contributed by atoms with Crippen LogP contribution in [0.15, 0.2) is 0 Å². The monoisotopic (exact) mass is 153 g/mol. The molecule has 1 aliphatic heterocycles. The molecule has 0 saturated carbocycles. The fourth-order valence-electron chi connectivity index (χ4n) is 0.537. The maximum atomic E-state index is 10.5. The summed E-state index contributed by atoms with van der Waals surface area (Å²) in [5.74, 6) is 0.979. The van der Waals surface area contributed by atoms with Gasteiger partial charge in [-0.25, -0.2) is 0 Å². The van der Waals surface area contributed by atoms with Gasteiger partial charge in [-0.3, -0.25) is 4.79 Å². The van der Waals surface area contributed by atoms with E-state index in [1.54, 1.807) is 0 Å². The minimum Gasteiger partial charge on any atom is -1.00 e. The second kappa shape index (κ2) is 3.33. The van der Waals surface area contributed by atoms with Crippen molar-refractivity contribution in [1.82, 2.24) is 0 Å². The van der Waals surface area contributed by atoms with E-state index < -0.39 is 0 Å². The van der Waals surface area contributed by atoms with Crippen molar-refractivity contribution in [3.05, 3.63) is 0 Å². The number of thioether (sulfide) groups is 1. The molecule has 1 atom stereocenters. The Kier molecular flexibility index (Phi) is 3.44. The van der Waals surface area contributed by atoms with E-state index in [0.717, 1.165) is 12.2 Å². The summed E-state index contributed by atoms with van der Waals surface area (Å²) in [6.45, 7) is 0. The molecule has 0 amide bonds. The Morgan fingerprint density at radius 1 is 1.75 bits per heavy atom. The normalized spacial score (nSPS) is 27.6. The van der Waals surface area contributed by atoms with Crippen LogP contribution in [0.4, 0.5) is 0 Å². The fraction of sp³-hybridized carbons (Fsp3) is 0.750. The quantitative estimate of drug-likeness (QED) is 0.389. The molecule has 1 fully saturated rings. The van der Waals surface area contributed by atoms with Gasteiger partial charge in [-0.2, -0.15) is 0 Å². The van der Waals surface area contributed by atoms with Crippen LogP contribution in [0.1, 0.15) is 6.42 Å². The second-order valence-electron chi connectivity index (χ2n) is 1.65. The standard InChI is InChI=1S/C4H7NOS.ClH/c5-3-1-2-7-4(3)6;/h3H,1-2,5H2;1H/t3-;/m0./s1. The molecule has 2 nitrogen and oxygen atoms in total. The topological polar surface area (TPSA) is 44.7 Å². The first-order valence-electron chi connectivity index (χ1n) is 2.30. The van der Waals surface area contributed by atoms with Crippen molar-refractivity contribution >= 4 is 16.9 Å². The van der Waals surface area contributed by atoms with Crippen molar-refractivity contribution in [2.45, 2.75) is 12.5 Å². The molecule has 1 aliphatic rings. The zero-order valence-corrected chi connectivity index (χ0v) is 5.97. The third-order valence-corrected chi connectivity index (χ3v) is 2.10. The van der Waals surface area contributed by atoms with Crippen LogP contribution in [0, 0.1) is 0 Å². The number of hydrogen-bond donors (Lipinski definition) is 1. The first-order chi connectivity index (χ1) is 3.30. The van der Waals surface area contributed by atoms with E-state index in [9.17, 15) is 4.79 Å². The first kappa shape index (κ1) is 8.27. The predicted molar refractivity (Wildman–Crippen MR) is 28.8 cm³/mol. The molecule has 0 bridgehead atoms. The lowest BCUT2D eigenvalue weighted by molar-refractivity contribution is -0.400. The molecule has 0 aromatic heterocycles. The van der Waals surface area contributed by atoms with E-state index in [1.165, 1.54) is 11.8 Å². The van der Waals surface area contributed by atoms with Gasteiger partial charge in [-0.05, 0) is 0 Å². The Morgan fingerprint density at radius 2 is 2.38 bits per heavy atom. The van der Waals surface area contributed by atoms with Gasteiger partial charge in [0.25, 0.3) is 0 Å². The molecular weight excluding hydrogens is 146 g/mol. The van der Waals surface area contributed by atoms with E-state index in [4.69, 9.17) is 0 Å². The molecule has 3 N–H and O–H groups in total. The first-order valence-corrected chi connectivity index (χ1v) is 3.29. The maximum Gasteiger partial charge on any atom is 0.246 e. The van der Waals surface area contributed by atoms with E-state index >= 15 is 0 Å². The summed E-state index contributed by atoms with van der Waals surface area (Å²) in [5, 5.41) is 0.264. The van der Waals surface area contributed by atoms with E-state index in [2.05, 4.69) is 5.73 Å². The van der Waals surface area contributed by atoms with E-state index in [1.807, 2.05) is 0 Å². The summed E-state index contributed by atoms with van der Waals surface area (Å²) in [4.78, 5) is 10.5. The Balaban J connectivity index is 0.000000490. The minimum atomic E-state index is 0. The molecule has 0 aromatic rings. The Bertz CT molecular complexity index is 98.0. The minimum absolute atomic E-state index is 0. The van der Waals surface area contributed by atoms with Gasteiger partial charge >= 0.3 is 0 Å². The van der Waals surface area contributed by atoms with Gasteiger partial charge in [0.2, 0.25) is 5.12 Å². The highest BCUT2D eigenvalue weighted by molar-refractivity contribution is 8.14. The van der Waals surface area contributed by atoms with Crippen LogP contribution in [0.25, 0.3) is 0 Å². The highest BCUT2D eigenvalue weighted by Crippen LogP contribution is 2.15. The average molecular weight is 154 g/mol. The number of halogens is 1. The summed E-state index contributed by atoms with van der Waals surface area (Å²) in [6, 6.07) is 0.0880. The summed E-state index contributed by atoms with van der Waals surface area (Å²) < 4.78 is 0. The lowest BCUT2D eigenvalue weighted by Crippen LogP contribution is -3.00. The maximum absolute atomic E-state index is 10.5. The van der Waals surface area contributed by atoms with Crippen molar-refractivity contribution in [2.24, 2.45) is 0 Å². The van der Waals surface area contributed by atoms with E-state index in [0.29, 0.717) is 0 Å². The zero-order chi connectivity index (χ0) is 5.28. The number of carbonyl (C=O) groups is 1. The SMILES string of the molecule is [Cl-].[NH3+][C@H]1CCSC1=O. The van der Waals surface area contributed by atoms with Crippen LogP contribution in [-0.4, -0.2) is 16.9 Å². The lowest BCUT2D eigenvalue weighted by atomic mass is 10.3. The van der Waals surface area contributed by atoms with E-state index in [-0.39, 0.29) is 23.6 Å². The van der Waals surface area contributed by atoms with Crippen molar-refractivity contribution in [2.75, 3.05) is 5.75 Å². The summed E-state index contributed by atoms with van der Waals surface area (Å²) in [6.07, 6.45) is 0.976. The number of quaternary nitrogens is 1. The molecule has 1 heterocycles. The summed E-state index contributed by atoms with van der Waals surface area (Å²) in [7, 11) is 0. The van der Waals surface area contributed by atoms with Gasteiger partial charge in [-0.1, -0.05) is 11.8 Å². The molecule has 48 valence electrons. The van der Waals surface area contributed by atoms with Gasteiger partial charge in [0, 0.05) is 12.2 Å². The second-order valence-corrected chi connectivity index (χ2v) is 2.75. The molecule has 0 spiro atoms. The summed E-state index contributed by atoms with van der Waals surface area (Å²) in [5.41, 5.74) is 3.65. The molecule has 1 saturated heterocycles. The van der Waals surface area contributed by atoms with Gasteiger partial charge in [-0.15, -0.1) is 0 Å². The number of hydrogen-bond acceptors (Lipinski definition) is 2. The molecule has 0 radical (unpaired) electrons. The average Bonchev–Trinajstić information content (AvgIpc) is 1.91. The van der Waals surface area contributed by atoms with Crippen molar-refractivity contribution < 1.29 is 22.9 Å². The highest BCUT2D eigenvalue weighted by Gasteiger charge is 2.23. The van der Waals surface area contributed by atoms with Crippen LogP contribution >= 0.6 is 11.8 Å². The molecule has 0 unspecified atom stereocenters. The van der Waals surface area contributed by atoms with Gasteiger partial charge < -0.3 is 18.1 Å². The van der Waals surface area contributed by atoms with Gasteiger partial charge in [0.15, 0.2) is 6.04 Å². The molecule has 1 rings (SSSR count). The smallest absolute Gasteiger partial charge is 0.246 e. The molecule has 0 aliphatic carbocycles. The van der Waals surface area contributed by atoms with Crippen LogP contribution in [0.3, 0.4) is 0 Å². The lowest BCUT2D eigenvalue weighted by Gasteiger charge is -1.86. The largest absolute Gasteiger partial charge is 1.00 e. The van der Waals surface area contributed by atoms with Crippen molar-refractivity contribution in [3.63, 3.8) is 0 Å². The number of rotatable bonds is 0. The van der Waals surface area contributed by atoms with Crippen LogP contribution < -0.4 is 18.1 Å². The summed E-state index contributed by atoms with van der Waals surface area (Å²) >= 11 is 1.40. The molecule has 4 heteroatoms. The Morgan fingerprint density at radius 3 is 2.50 bits per heavy atom. The number of carbonyl (C=O) groups excluding carboxylic acids is 1. The predicted octanol–water partition coefficient (Wildman–Crippen LogP) is -3.74. The Labute approximate surface area is 58.6 Å². The fourth-order valence-corrected chi connectivity index (χ4v) is 1.49. The highest BCUT2D eigenvalue weighted by atomic mass is 35.5. The Hall–Kier alpha value is 0.270. The van der Waals surface area contributed by atoms with Crippen molar-refractivity contribution in [3.8, 4) is 0 Å². The molecular formula is C4H8ClNOS. The third kappa shape index (κ3) is 1.65.